The van der Waals surface area contributed by atoms with Crippen molar-refractivity contribution in [3.8, 4) is 0 Å². The minimum absolute atomic E-state index is 0.0228. The summed E-state index contributed by atoms with van der Waals surface area (Å²) < 4.78 is 10.6. The Kier molecular flexibility index (Phi) is 3.22. The van der Waals surface area contributed by atoms with Gasteiger partial charge in [0.1, 0.15) is 5.76 Å². The van der Waals surface area contributed by atoms with Crippen molar-refractivity contribution in [3.63, 3.8) is 0 Å². The zero-order valence-corrected chi connectivity index (χ0v) is 10.1. The molecule has 0 saturated carbocycles. The smallest absolute Gasteiger partial charge is 0.372 e. The number of aromatic carboxylic acids is 1. The molecule has 0 aliphatic carbocycles. The second-order valence-electron chi connectivity index (χ2n) is 4.75. The molecule has 1 aromatic rings. The standard InChI is InChI=1S/C12H17NO4/c1-8-5-9(17-10(8)11(14)15)6-13-12(2)3-4-16-7-12/h5,13H,3-4,6-7H2,1-2H3,(H,14,15). The van der Waals surface area contributed by atoms with E-state index in [4.69, 9.17) is 14.3 Å². The van der Waals surface area contributed by atoms with Crippen molar-refractivity contribution >= 4 is 5.97 Å². The number of ether oxygens (including phenoxy) is 1. The van der Waals surface area contributed by atoms with Crippen LogP contribution in [0, 0.1) is 6.92 Å². The van der Waals surface area contributed by atoms with Crippen LogP contribution < -0.4 is 5.32 Å². The summed E-state index contributed by atoms with van der Waals surface area (Å²) in [6.07, 6.45) is 0.957. The summed E-state index contributed by atoms with van der Waals surface area (Å²) in [6.45, 7) is 5.79. The van der Waals surface area contributed by atoms with E-state index >= 15 is 0 Å². The van der Waals surface area contributed by atoms with E-state index in [0.717, 1.165) is 13.0 Å². The average Bonchev–Trinajstić information content (AvgIpc) is 2.83. The number of hydrogen-bond donors (Lipinski definition) is 2. The topological polar surface area (TPSA) is 71.7 Å². The van der Waals surface area contributed by atoms with Crippen LogP contribution in [-0.4, -0.2) is 29.8 Å². The number of hydrogen-bond acceptors (Lipinski definition) is 4. The van der Waals surface area contributed by atoms with Crippen LogP contribution in [-0.2, 0) is 11.3 Å². The van der Waals surface area contributed by atoms with Gasteiger partial charge in [-0.2, -0.15) is 0 Å². The van der Waals surface area contributed by atoms with Crippen LogP contribution >= 0.6 is 0 Å². The summed E-state index contributed by atoms with van der Waals surface area (Å²) in [7, 11) is 0. The maximum absolute atomic E-state index is 10.8. The van der Waals surface area contributed by atoms with Gasteiger partial charge in [-0.3, -0.25) is 0 Å². The van der Waals surface area contributed by atoms with Gasteiger partial charge in [0.05, 0.1) is 13.2 Å². The van der Waals surface area contributed by atoms with E-state index in [2.05, 4.69) is 12.2 Å². The zero-order chi connectivity index (χ0) is 12.5. The molecule has 1 fully saturated rings. The fourth-order valence-corrected chi connectivity index (χ4v) is 1.95. The summed E-state index contributed by atoms with van der Waals surface area (Å²) in [6, 6.07) is 1.76. The third-order valence-corrected chi connectivity index (χ3v) is 3.07. The van der Waals surface area contributed by atoms with Gasteiger partial charge in [-0.1, -0.05) is 0 Å². The molecule has 2 heterocycles. The Hall–Kier alpha value is -1.33. The molecule has 5 heteroatoms. The number of carboxylic acids is 1. The molecular formula is C12H17NO4. The molecule has 94 valence electrons. The van der Waals surface area contributed by atoms with Crippen LogP contribution in [0.2, 0.25) is 0 Å². The lowest BCUT2D eigenvalue weighted by atomic mass is 10.0. The number of furan rings is 1. The maximum Gasteiger partial charge on any atom is 0.372 e. The molecular weight excluding hydrogens is 222 g/mol. The molecule has 0 amide bonds. The van der Waals surface area contributed by atoms with Crippen LogP contribution in [0.1, 0.15) is 35.2 Å². The summed E-state index contributed by atoms with van der Waals surface area (Å²) >= 11 is 0. The first-order valence-electron chi connectivity index (χ1n) is 5.65. The summed E-state index contributed by atoms with van der Waals surface area (Å²) in [5, 5.41) is 12.2. The molecule has 5 nitrogen and oxygen atoms in total. The van der Waals surface area contributed by atoms with E-state index in [1.54, 1.807) is 13.0 Å². The van der Waals surface area contributed by atoms with Crippen molar-refractivity contribution in [1.82, 2.24) is 5.32 Å². The predicted molar refractivity (Wildman–Crippen MR) is 61.1 cm³/mol. The number of aryl methyl sites for hydroxylation is 1. The number of carboxylic acid groups (broad SMARTS) is 1. The minimum atomic E-state index is -1.02. The first kappa shape index (κ1) is 12.1. The van der Waals surface area contributed by atoms with Crippen LogP contribution in [0.5, 0.6) is 0 Å². The lowest BCUT2D eigenvalue weighted by molar-refractivity contribution is 0.0658. The molecule has 17 heavy (non-hydrogen) atoms. The van der Waals surface area contributed by atoms with Gasteiger partial charge < -0.3 is 19.6 Å². The molecule has 2 N–H and O–H groups in total. The van der Waals surface area contributed by atoms with Crippen LogP contribution in [0.3, 0.4) is 0 Å². The van der Waals surface area contributed by atoms with Gasteiger partial charge in [0.2, 0.25) is 5.76 Å². The monoisotopic (exact) mass is 239 g/mol. The second-order valence-corrected chi connectivity index (χ2v) is 4.75. The molecule has 1 aromatic heterocycles. The van der Waals surface area contributed by atoms with Crippen molar-refractivity contribution in [2.45, 2.75) is 32.4 Å². The predicted octanol–water partition coefficient (Wildman–Crippen LogP) is 1.55. The Labute approximate surface area is 99.8 Å². The summed E-state index contributed by atoms with van der Waals surface area (Å²) in [4.78, 5) is 10.8. The molecule has 0 radical (unpaired) electrons. The second kappa shape index (κ2) is 4.50. The molecule has 1 saturated heterocycles. The van der Waals surface area contributed by atoms with Crippen LogP contribution in [0.15, 0.2) is 10.5 Å². The van der Waals surface area contributed by atoms with Crippen LogP contribution in [0.4, 0.5) is 0 Å². The Morgan fingerprint density at radius 1 is 1.65 bits per heavy atom. The zero-order valence-electron chi connectivity index (χ0n) is 10.1. The Balaban J connectivity index is 1.99. The van der Waals surface area contributed by atoms with Crippen molar-refractivity contribution in [2.75, 3.05) is 13.2 Å². The Bertz CT molecular complexity index is 418. The minimum Gasteiger partial charge on any atom is -0.475 e. The van der Waals surface area contributed by atoms with Gasteiger partial charge in [0.25, 0.3) is 0 Å². The fourth-order valence-electron chi connectivity index (χ4n) is 1.95. The molecule has 1 unspecified atom stereocenters. The first-order valence-corrected chi connectivity index (χ1v) is 5.65. The molecule has 2 rings (SSSR count). The number of rotatable bonds is 4. The molecule has 0 bridgehead atoms. The Morgan fingerprint density at radius 2 is 2.41 bits per heavy atom. The quantitative estimate of drug-likeness (QED) is 0.834. The number of carbonyl (C=O) groups is 1. The van der Waals surface area contributed by atoms with Crippen molar-refractivity contribution in [1.29, 1.82) is 0 Å². The van der Waals surface area contributed by atoms with E-state index in [1.165, 1.54) is 0 Å². The molecule has 1 aliphatic heterocycles. The van der Waals surface area contributed by atoms with E-state index < -0.39 is 5.97 Å². The Morgan fingerprint density at radius 3 is 2.94 bits per heavy atom. The van der Waals surface area contributed by atoms with Gasteiger partial charge in [0.15, 0.2) is 0 Å². The fraction of sp³-hybridized carbons (Fsp3) is 0.583. The lowest BCUT2D eigenvalue weighted by Gasteiger charge is -2.22. The highest BCUT2D eigenvalue weighted by molar-refractivity contribution is 5.86. The lowest BCUT2D eigenvalue weighted by Crippen LogP contribution is -2.42. The normalized spacial score (nSPS) is 24.1. The summed E-state index contributed by atoms with van der Waals surface area (Å²) in [5.74, 6) is -0.355. The van der Waals surface area contributed by atoms with Crippen molar-refractivity contribution in [2.24, 2.45) is 0 Å². The maximum atomic E-state index is 10.8. The summed E-state index contributed by atoms with van der Waals surface area (Å²) in [5.41, 5.74) is 0.617. The third-order valence-electron chi connectivity index (χ3n) is 3.07. The largest absolute Gasteiger partial charge is 0.475 e. The van der Waals surface area contributed by atoms with Gasteiger partial charge >= 0.3 is 5.97 Å². The van der Waals surface area contributed by atoms with E-state index in [-0.39, 0.29) is 11.3 Å². The molecule has 1 atom stereocenters. The van der Waals surface area contributed by atoms with Crippen LogP contribution in [0.25, 0.3) is 0 Å². The highest BCUT2D eigenvalue weighted by Gasteiger charge is 2.29. The van der Waals surface area contributed by atoms with E-state index in [9.17, 15) is 4.79 Å². The third kappa shape index (κ3) is 2.68. The highest BCUT2D eigenvalue weighted by atomic mass is 16.5. The highest BCUT2D eigenvalue weighted by Crippen LogP contribution is 2.20. The number of nitrogens with one attached hydrogen (secondary N) is 1. The van der Waals surface area contributed by atoms with Gasteiger partial charge in [-0.15, -0.1) is 0 Å². The molecule has 1 aliphatic rings. The van der Waals surface area contributed by atoms with E-state index in [0.29, 0.717) is 24.5 Å². The first-order chi connectivity index (χ1) is 8.00. The SMILES string of the molecule is Cc1cc(CNC2(C)CCOC2)oc1C(=O)O. The van der Waals surface area contributed by atoms with Crippen molar-refractivity contribution in [3.05, 3.63) is 23.2 Å². The average molecular weight is 239 g/mol. The van der Waals surface area contributed by atoms with Gasteiger partial charge in [0, 0.05) is 17.7 Å². The molecule has 0 spiro atoms. The van der Waals surface area contributed by atoms with Gasteiger partial charge in [-0.25, -0.2) is 4.79 Å². The molecule has 0 aromatic carbocycles. The van der Waals surface area contributed by atoms with Crippen molar-refractivity contribution < 1.29 is 19.1 Å². The van der Waals surface area contributed by atoms with E-state index in [1.807, 2.05) is 0 Å². The van der Waals surface area contributed by atoms with Gasteiger partial charge in [-0.05, 0) is 26.3 Å².